The number of allylic oxidation sites excluding steroid dienone is 4. The molecule has 0 radical (unpaired) electrons. The highest BCUT2D eigenvalue weighted by atomic mass is 16.3. The monoisotopic (exact) mass is 617 g/mol. The molecule has 0 spiro atoms. The van der Waals surface area contributed by atoms with E-state index in [2.05, 4.69) is 91.0 Å². The van der Waals surface area contributed by atoms with E-state index in [1.807, 2.05) is 48.5 Å². The Morgan fingerprint density at radius 1 is 0.479 bits per heavy atom. The van der Waals surface area contributed by atoms with Crippen molar-refractivity contribution in [3.63, 3.8) is 0 Å². The first kappa shape index (κ1) is 26.8. The quantitative estimate of drug-likeness (QED) is 0.197. The van der Waals surface area contributed by atoms with Crippen molar-refractivity contribution in [2.75, 3.05) is 0 Å². The van der Waals surface area contributed by atoms with E-state index in [1.165, 1.54) is 5.39 Å². The van der Waals surface area contributed by atoms with Crippen molar-refractivity contribution in [3.05, 3.63) is 145 Å². The molecule has 0 bridgehead atoms. The zero-order valence-corrected chi connectivity index (χ0v) is 25.9. The van der Waals surface area contributed by atoms with Crippen LogP contribution in [0.4, 0.5) is 0 Å². The van der Waals surface area contributed by atoms with Crippen LogP contribution >= 0.6 is 0 Å². The topological polar surface area (TPSA) is 65.0 Å². The Morgan fingerprint density at radius 3 is 2.00 bits per heavy atom. The molecule has 9 aromatic rings. The Labute approximate surface area is 275 Å². The van der Waals surface area contributed by atoms with E-state index in [4.69, 9.17) is 23.8 Å². The van der Waals surface area contributed by atoms with Gasteiger partial charge in [-0.05, 0) is 53.4 Å². The summed E-state index contributed by atoms with van der Waals surface area (Å²) in [6.45, 7) is 0. The summed E-state index contributed by atoms with van der Waals surface area (Å²) in [6, 6.07) is 41.6. The Morgan fingerprint density at radius 2 is 1.17 bits per heavy atom. The van der Waals surface area contributed by atoms with Crippen molar-refractivity contribution in [2.45, 2.75) is 12.8 Å². The summed E-state index contributed by atoms with van der Waals surface area (Å²) in [7, 11) is 0. The summed E-state index contributed by atoms with van der Waals surface area (Å²) in [5.74, 6) is 1.94. The van der Waals surface area contributed by atoms with Gasteiger partial charge in [0.1, 0.15) is 22.3 Å². The van der Waals surface area contributed by atoms with E-state index in [-0.39, 0.29) is 0 Å². The summed E-state index contributed by atoms with van der Waals surface area (Å²) >= 11 is 0. The summed E-state index contributed by atoms with van der Waals surface area (Å²) in [5, 5.41) is 6.49. The molecule has 5 heteroatoms. The number of furan rings is 2. The first-order valence-electron chi connectivity index (χ1n) is 16.3. The van der Waals surface area contributed by atoms with Crippen molar-refractivity contribution in [1.82, 2.24) is 15.0 Å². The fourth-order valence-electron chi connectivity index (χ4n) is 7.10. The number of hydrogen-bond donors (Lipinski definition) is 0. The van der Waals surface area contributed by atoms with Gasteiger partial charge in [0.15, 0.2) is 17.5 Å². The van der Waals surface area contributed by atoms with Crippen LogP contribution in [0.25, 0.3) is 94.1 Å². The lowest BCUT2D eigenvalue weighted by atomic mass is 9.96. The number of rotatable bonds is 4. The van der Waals surface area contributed by atoms with Crippen molar-refractivity contribution in [1.29, 1.82) is 0 Å². The molecule has 0 saturated carbocycles. The van der Waals surface area contributed by atoms with Gasteiger partial charge in [-0.1, -0.05) is 115 Å². The lowest BCUT2D eigenvalue weighted by molar-refractivity contribution is 0.669. The lowest BCUT2D eigenvalue weighted by Crippen LogP contribution is -2.03. The number of nitrogens with zero attached hydrogens (tertiary/aromatic N) is 3. The molecule has 1 aliphatic carbocycles. The predicted molar refractivity (Wildman–Crippen MR) is 195 cm³/mol. The Balaban J connectivity index is 1.21. The highest BCUT2D eigenvalue weighted by molar-refractivity contribution is 6.20. The molecule has 0 atom stereocenters. The minimum atomic E-state index is 0.618. The third-order valence-corrected chi connectivity index (χ3v) is 9.34. The van der Waals surface area contributed by atoms with Gasteiger partial charge in [-0.15, -0.1) is 0 Å². The third kappa shape index (κ3) is 4.21. The zero-order valence-electron chi connectivity index (χ0n) is 25.9. The average Bonchev–Trinajstić information content (AvgIpc) is 3.72. The van der Waals surface area contributed by atoms with Gasteiger partial charge in [-0.25, -0.2) is 15.0 Å². The average molecular weight is 618 g/mol. The van der Waals surface area contributed by atoms with E-state index >= 15 is 0 Å². The van der Waals surface area contributed by atoms with Gasteiger partial charge < -0.3 is 8.83 Å². The molecule has 0 unspecified atom stereocenters. The molecule has 226 valence electrons. The van der Waals surface area contributed by atoms with Crippen LogP contribution in [0.2, 0.25) is 0 Å². The molecule has 48 heavy (non-hydrogen) atoms. The fourth-order valence-corrected chi connectivity index (χ4v) is 7.10. The predicted octanol–water partition coefficient (Wildman–Crippen LogP) is 11.6. The molecule has 0 aliphatic heterocycles. The smallest absolute Gasteiger partial charge is 0.164 e. The first-order valence-corrected chi connectivity index (χ1v) is 16.3. The molecule has 3 aromatic heterocycles. The van der Waals surface area contributed by atoms with Crippen LogP contribution in [0.3, 0.4) is 0 Å². The summed E-state index contributed by atoms with van der Waals surface area (Å²) in [6.07, 6.45) is 8.48. The maximum atomic E-state index is 6.75. The highest BCUT2D eigenvalue weighted by Crippen LogP contribution is 2.44. The molecule has 3 heterocycles. The molecular weight excluding hydrogens is 590 g/mol. The number of hydrogen-bond acceptors (Lipinski definition) is 5. The van der Waals surface area contributed by atoms with Crippen molar-refractivity contribution < 1.29 is 8.83 Å². The van der Waals surface area contributed by atoms with Gasteiger partial charge in [0.25, 0.3) is 0 Å². The van der Waals surface area contributed by atoms with E-state index in [1.54, 1.807) is 0 Å². The normalized spacial score (nSPS) is 13.3. The van der Waals surface area contributed by atoms with E-state index < -0.39 is 0 Å². The Kier molecular flexibility index (Phi) is 5.93. The molecule has 0 fully saturated rings. The van der Waals surface area contributed by atoms with Gasteiger partial charge in [-0.3, -0.25) is 0 Å². The van der Waals surface area contributed by atoms with Gasteiger partial charge in [0, 0.05) is 43.8 Å². The van der Waals surface area contributed by atoms with Gasteiger partial charge in [0.05, 0.1) is 0 Å². The van der Waals surface area contributed by atoms with Gasteiger partial charge in [-0.2, -0.15) is 0 Å². The van der Waals surface area contributed by atoms with Crippen molar-refractivity contribution in [2.24, 2.45) is 0 Å². The molecule has 0 N–H and O–H groups in total. The van der Waals surface area contributed by atoms with Gasteiger partial charge in [0.2, 0.25) is 0 Å². The number of para-hydroxylation sites is 1. The van der Waals surface area contributed by atoms with Crippen LogP contribution in [0.1, 0.15) is 18.7 Å². The van der Waals surface area contributed by atoms with Crippen LogP contribution in [0.5, 0.6) is 0 Å². The van der Waals surface area contributed by atoms with E-state index in [0.29, 0.717) is 17.5 Å². The summed E-state index contributed by atoms with van der Waals surface area (Å²) in [5.41, 5.74) is 8.27. The van der Waals surface area contributed by atoms with Crippen LogP contribution < -0.4 is 0 Å². The third-order valence-electron chi connectivity index (χ3n) is 9.34. The maximum Gasteiger partial charge on any atom is 0.164 e. The number of fused-ring (bicyclic) bond motifs is 7. The first-order chi connectivity index (χ1) is 23.8. The fraction of sp³-hybridized carbons (Fsp3) is 0.0465. The Hall–Kier alpha value is -6.33. The summed E-state index contributed by atoms with van der Waals surface area (Å²) in [4.78, 5) is 15.0. The molecule has 6 aromatic carbocycles. The number of aromatic nitrogens is 3. The highest BCUT2D eigenvalue weighted by Gasteiger charge is 2.21. The van der Waals surface area contributed by atoms with Crippen LogP contribution in [-0.4, -0.2) is 15.0 Å². The SMILES string of the molecule is C1=CC(c2nc(-c3ccccc3)nc(-c3cccc4oc5c(-c6cccc7oc8cc9ccccc9cc8c67)cccc5c34)n2)=CCC1. The Bertz CT molecular complexity index is 2790. The summed E-state index contributed by atoms with van der Waals surface area (Å²) < 4.78 is 13.2. The largest absolute Gasteiger partial charge is 0.456 e. The van der Waals surface area contributed by atoms with Crippen LogP contribution in [0.15, 0.2) is 148 Å². The van der Waals surface area contributed by atoms with Crippen LogP contribution in [-0.2, 0) is 0 Å². The second-order valence-electron chi connectivity index (χ2n) is 12.3. The van der Waals surface area contributed by atoms with Gasteiger partial charge >= 0.3 is 0 Å². The minimum Gasteiger partial charge on any atom is -0.456 e. The molecule has 1 aliphatic rings. The minimum absolute atomic E-state index is 0.618. The second kappa shape index (κ2) is 10.6. The van der Waals surface area contributed by atoms with Crippen molar-refractivity contribution >= 4 is 60.2 Å². The number of benzene rings is 6. The maximum absolute atomic E-state index is 6.75. The van der Waals surface area contributed by atoms with Crippen molar-refractivity contribution in [3.8, 4) is 33.9 Å². The molecule has 0 amide bonds. The standard InChI is InChI=1S/C43H27N3O2/c1-3-12-26(13-4-1)41-44-42(27-14-5-2-6-15-27)46-43(45-41)33-21-11-23-36-39(33)32-20-9-19-31(40(32)48-36)30-18-10-22-35-38(30)34-24-28-16-7-8-17-29(28)25-37(34)47-35/h1,3-5,7-25H,2,6H2. The lowest BCUT2D eigenvalue weighted by Gasteiger charge is -2.11. The van der Waals surface area contributed by atoms with E-state index in [0.717, 1.165) is 89.9 Å². The van der Waals surface area contributed by atoms with E-state index in [9.17, 15) is 0 Å². The molecule has 5 nitrogen and oxygen atoms in total. The molecule has 0 saturated heterocycles. The second-order valence-corrected chi connectivity index (χ2v) is 12.3. The molecule has 10 rings (SSSR count). The molecular formula is C43H27N3O2. The zero-order chi connectivity index (χ0) is 31.6. The van der Waals surface area contributed by atoms with Crippen LogP contribution in [0, 0.1) is 0 Å².